The number of hydrogen-bond donors (Lipinski definition) is 2. The maximum atomic E-state index is 12.3. The third kappa shape index (κ3) is 9.63. The third-order valence-electron chi connectivity index (χ3n) is 7.63. The summed E-state index contributed by atoms with van der Waals surface area (Å²) >= 11 is 1.43. The van der Waals surface area contributed by atoms with Crippen LogP contribution in [0.2, 0.25) is 0 Å². The lowest BCUT2D eigenvalue weighted by Gasteiger charge is -2.40. The summed E-state index contributed by atoms with van der Waals surface area (Å²) in [5.74, 6) is 1.11. The van der Waals surface area contributed by atoms with Crippen molar-refractivity contribution in [3.05, 3.63) is 22.8 Å². The van der Waals surface area contributed by atoms with Gasteiger partial charge in [0.2, 0.25) is 12.3 Å². The van der Waals surface area contributed by atoms with E-state index in [0.717, 1.165) is 30.6 Å². The number of amides is 3. The molecular weight excluding hydrogens is 585 g/mol. The zero-order valence-electron chi connectivity index (χ0n) is 24.8. The van der Waals surface area contributed by atoms with Gasteiger partial charge in [0.25, 0.3) is 0 Å². The molecule has 1 saturated carbocycles. The first-order chi connectivity index (χ1) is 20.0. The molecule has 2 aromatic heterocycles. The van der Waals surface area contributed by atoms with Crippen molar-refractivity contribution >= 4 is 39.6 Å². The molecule has 0 bridgehead atoms. The first-order valence-corrected chi connectivity index (χ1v) is 14.5. The van der Waals surface area contributed by atoms with Crippen LogP contribution in [0, 0.1) is 35.0 Å². The summed E-state index contributed by atoms with van der Waals surface area (Å²) in [6.07, 6.45) is 6.66. The quantitative estimate of drug-likeness (QED) is 0.346. The SMILES string of the molecule is C#Cc1csc2cnnc(C(C#N)NC=O)c12.CC1CN(C(=O)C[C@@H](C)OC2(C)CCC2)CC1(C)C.NC(=O)C(F)(F)F. The molecule has 1 aliphatic heterocycles. The Morgan fingerprint density at radius 2 is 2.00 bits per heavy atom. The monoisotopic (exact) mass is 622 g/mol. The summed E-state index contributed by atoms with van der Waals surface area (Å²) in [6, 6.07) is 1.10. The highest BCUT2D eigenvalue weighted by atomic mass is 32.1. The number of alkyl halides is 3. The van der Waals surface area contributed by atoms with Gasteiger partial charge in [-0.2, -0.15) is 28.6 Å². The van der Waals surface area contributed by atoms with Crippen LogP contribution in [0.4, 0.5) is 13.2 Å². The second-order valence-electron chi connectivity index (χ2n) is 11.6. The number of thiophene rings is 1. The number of likely N-dealkylation sites (tertiary alicyclic amines) is 1. The van der Waals surface area contributed by atoms with Gasteiger partial charge in [-0.3, -0.25) is 14.4 Å². The number of terminal acetylenes is 1. The Morgan fingerprint density at radius 1 is 1.37 bits per heavy atom. The summed E-state index contributed by atoms with van der Waals surface area (Å²) in [5, 5.41) is 21.5. The molecule has 0 spiro atoms. The lowest BCUT2D eigenvalue weighted by molar-refractivity contribution is -0.169. The van der Waals surface area contributed by atoms with Crippen molar-refractivity contribution in [3.63, 3.8) is 0 Å². The Kier molecular flexibility index (Phi) is 12.1. The molecule has 0 radical (unpaired) electrons. The van der Waals surface area contributed by atoms with Gasteiger partial charge in [0, 0.05) is 29.4 Å². The topological polar surface area (TPSA) is 151 Å². The number of nitrogens with two attached hydrogens (primary N) is 1. The van der Waals surface area contributed by atoms with Gasteiger partial charge in [-0.05, 0) is 44.4 Å². The third-order valence-corrected chi connectivity index (χ3v) is 8.54. The van der Waals surface area contributed by atoms with Gasteiger partial charge in [0.15, 0.2) is 6.04 Å². The van der Waals surface area contributed by atoms with Crippen LogP contribution in [0.5, 0.6) is 0 Å². The fourth-order valence-electron chi connectivity index (χ4n) is 4.65. The number of ether oxygens (including phenoxy) is 1. The number of hydrogen-bond acceptors (Lipinski definition) is 8. The fourth-order valence-corrected chi connectivity index (χ4v) is 5.53. The average molecular weight is 623 g/mol. The van der Waals surface area contributed by atoms with Gasteiger partial charge in [-0.15, -0.1) is 17.8 Å². The van der Waals surface area contributed by atoms with Crippen molar-refractivity contribution in [2.75, 3.05) is 13.1 Å². The number of carbonyl (C=O) groups excluding carboxylic acids is 3. The van der Waals surface area contributed by atoms with Crippen molar-refractivity contribution in [2.24, 2.45) is 17.1 Å². The Balaban J connectivity index is 0.000000248. The van der Waals surface area contributed by atoms with Gasteiger partial charge >= 0.3 is 12.1 Å². The molecule has 4 rings (SSSR count). The largest absolute Gasteiger partial charge is 0.470 e. The Hall–Kier alpha value is -3.75. The molecule has 3 N–H and O–H groups in total. The minimum absolute atomic E-state index is 0.0387. The number of nitriles is 1. The van der Waals surface area contributed by atoms with Gasteiger partial charge in [-0.1, -0.05) is 26.7 Å². The summed E-state index contributed by atoms with van der Waals surface area (Å²) < 4.78 is 39.0. The van der Waals surface area contributed by atoms with Crippen LogP contribution < -0.4 is 11.1 Å². The Bertz CT molecular complexity index is 1380. The molecule has 2 fully saturated rings. The van der Waals surface area contributed by atoms with Crippen molar-refractivity contribution in [2.45, 2.75) is 84.2 Å². The van der Waals surface area contributed by atoms with Crippen LogP contribution in [-0.4, -0.2) is 64.3 Å². The molecule has 1 saturated heterocycles. The molecule has 2 aromatic rings. The van der Waals surface area contributed by atoms with E-state index in [1.54, 1.807) is 11.6 Å². The predicted molar refractivity (Wildman–Crippen MR) is 155 cm³/mol. The Morgan fingerprint density at radius 3 is 2.44 bits per heavy atom. The highest BCUT2D eigenvalue weighted by molar-refractivity contribution is 7.17. The molecule has 0 aromatic carbocycles. The molecule has 10 nitrogen and oxygen atoms in total. The maximum absolute atomic E-state index is 12.3. The standard InChI is InChI=1S/C16H29NO2.C11H6N4OS.C2H2F3NO/c1-12-10-17(11-15(12,3)4)14(18)9-13(2)19-16(5)7-6-8-16;1-2-7-5-17-9-4-14-15-11(10(7)9)8(3-12)13-6-16;3-2(4,5)1(6)7/h12-13H,6-11H2,1-5H3;1,4-6,8H,(H,13,16);(H2,6,7)/t12?,13-;;/m1../s1. The van der Waals surface area contributed by atoms with Gasteiger partial charge < -0.3 is 20.7 Å². The normalized spacial score (nSPS) is 19.6. The van der Waals surface area contributed by atoms with Crippen molar-refractivity contribution in [1.29, 1.82) is 5.26 Å². The minimum atomic E-state index is -4.86. The molecular formula is C29H37F3N6O4S. The maximum Gasteiger partial charge on any atom is 0.470 e. The van der Waals surface area contributed by atoms with Crippen LogP contribution in [0.25, 0.3) is 10.1 Å². The first kappa shape index (κ1) is 35.4. The fraction of sp³-hybridized carbons (Fsp3) is 0.586. The summed E-state index contributed by atoms with van der Waals surface area (Å²) in [7, 11) is 0. The van der Waals surface area contributed by atoms with Crippen LogP contribution in [0.3, 0.4) is 0 Å². The number of halogens is 3. The van der Waals surface area contributed by atoms with Crippen molar-refractivity contribution in [1.82, 2.24) is 20.4 Å². The number of carbonyl (C=O) groups is 3. The number of primary amides is 1. The van der Waals surface area contributed by atoms with E-state index in [-0.39, 0.29) is 23.0 Å². The molecule has 2 unspecified atom stereocenters. The number of aromatic nitrogens is 2. The minimum Gasteiger partial charge on any atom is -0.372 e. The van der Waals surface area contributed by atoms with E-state index in [4.69, 9.17) is 21.2 Å². The lowest BCUT2D eigenvalue weighted by Crippen LogP contribution is -2.41. The van der Waals surface area contributed by atoms with E-state index in [9.17, 15) is 22.8 Å². The van der Waals surface area contributed by atoms with E-state index < -0.39 is 18.1 Å². The Labute approximate surface area is 253 Å². The van der Waals surface area contributed by atoms with E-state index in [2.05, 4.69) is 54.9 Å². The van der Waals surface area contributed by atoms with E-state index in [1.807, 2.05) is 17.9 Å². The predicted octanol–water partition coefficient (Wildman–Crippen LogP) is 4.25. The van der Waals surface area contributed by atoms with Crippen LogP contribution >= 0.6 is 11.3 Å². The van der Waals surface area contributed by atoms with Gasteiger partial charge in [-0.25, -0.2) is 0 Å². The second kappa shape index (κ2) is 14.6. The molecule has 3 atom stereocenters. The molecule has 3 amide bonds. The van der Waals surface area contributed by atoms with Gasteiger partial charge in [0.05, 0.1) is 35.1 Å². The molecule has 234 valence electrons. The molecule has 2 aliphatic rings. The second-order valence-corrected chi connectivity index (χ2v) is 12.5. The summed E-state index contributed by atoms with van der Waals surface area (Å²) in [6.45, 7) is 12.7. The van der Waals surface area contributed by atoms with Gasteiger partial charge in [0.1, 0.15) is 5.69 Å². The number of rotatable bonds is 7. The van der Waals surface area contributed by atoms with E-state index in [0.29, 0.717) is 35.4 Å². The van der Waals surface area contributed by atoms with Crippen LogP contribution in [-0.2, 0) is 19.1 Å². The molecule has 43 heavy (non-hydrogen) atoms. The zero-order chi connectivity index (χ0) is 32.6. The summed E-state index contributed by atoms with van der Waals surface area (Å²) in [4.78, 5) is 33.9. The highest BCUT2D eigenvalue weighted by Gasteiger charge is 2.40. The molecule has 3 heterocycles. The van der Waals surface area contributed by atoms with E-state index in [1.165, 1.54) is 17.8 Å². The molecule has 14 heteroatoms. The average Bonchev–Trinajstić information content (AvgIpc) is 3.46. The molecule has 1 aliphatic carbocycles. The van der Waals surface area contributed by atoms with Crippen molar-refractivity contribution in [3.8, 4) is 18.4 Å². The number of nitrogens with zero attached hydrogens (tertiary/aromatic N) is 4. The summed E-state index contributed by atoms with van der Waals surface area (Å²) in [5.41, 5.74) is 5.13. The number of fused-ring (bicyclic) bond motifs is 1. The first-order valence-electron chi connectivity index (χ1n) is 13.6. The smallest absolute Gasteiger partial charge is 0.372 e. The number of nitrogens with one attached hydrogen (secondary N) is 1. The van der Waals surface area contributed by atoms with Crippen LogP contribution in [0.15, 0.2) is 11.6 Å². The zero-order valence-corrected chi connectivity index (χ0v) is 25.6. The highest BCUT2D eigenvalue weighted by Crippen LogP contribution is 2.37. The van der Waals surface area contributed by atoms with E-state index >= 15 is 0 Å². The lowest BCUT2D eigenvalue weighted by atomic mass is 9.81. The van der Waals surface area contributed by atoms with Crippen molar-refractivity contribution < 1.29 is 32.3 Å². The van der Waals surface area contributed by atoms with Crippen LogP contribution in [0.1, 0.15) is 77.6 Å².